The van der Waals surface area contributed by atoms with E-state index < -0.39 is 10.9 Å². The molecule has 7 heteroatoms. The number of esters is 1. The van der Waals surface area contributed by atoms with E-state index in [1.54, 1.807) is 12.1 Å². The van der Waals surface area contributed by atoms with Gasteiger partial charge in [-0.3, -0.25) is 14.9 Å². The normalized spacial score (nSPS) is 10.7. The molecule has 2 aromatic carbocycles. The smallest absolute Gasteiger partial charge is 0.331 e. The third kappa shape index (κ3) is 5.26. The van der Waals surface area contributed by atoms with E-state index in [0.717, 1.165) is 18.1 Å². The van der Waals surface area contributed by atoms with E-state index in [1.807, 2.05) is 19.1 Å². The quantitative estimate of drug-likeness (QED) is 0.238. The molecule has 0 amide bonds. The van der Waals surface area contributed by atoms with Crippen LogP contribution in [0, 0.1) is 10.1 Å². The van der Waals surface area contributed by atoms with E-state index in [1.165, 1.54) is 24.3 Å². The molecule has 6 nitrogen and oxygen atoms in total. The van der Waals surface area contributed by atoms with Crippen LogP contribution in [0.4, 0.5) is 5.69 Å². The molecule has 0 saturated carbocycles. The summed E-state index contributed by atoms with van der Waals surface area (Å²) in [6.45, 7) is 1.63. The van der Waals surface area contributed by atoms with Gasteiger partial charge in [-0.25, -0.2) is 4.79 Å². The lowest BCUT2D eigenvalue weighted by atomic mass is 10.1. The minimum Gasteiger partial charge on any atom is -0.454 e. The van der Waals surface area contributed by atoms with Gasteiger partial charge in [0, 0.05) is 17.7 Å². The van der Waals surface area contributed by atoms with Crippen LogP contribution in [0.3, 0.4) is 0 Å². The molecule has 0 aliphatic heterocycles. The van der Waals surface area contributed by atoms with Gasteiger partial charge in [-0.05, 0) is 29.7 Å². The molecule has 0 spiro atoms. The number of nitrogens with zero attached hydrogens (tertiary/aromatic N) is 1. The monoisotopic (exact) mass is 373 g/mol. The Bertz CT molecular complexity index is 859. The third-order valence-corrected chi connectivity index (χ3v) is 3.93. The first-order valence-electron chi connectivity index (χ1n) is 7.81. The number of ether oxygens (including phenoxy) is 1. The van der Waals surface area contributed by atoms with Gasteiger partial charge in [0.25, 0.3) is 5.69 Å². The number of Topliss-reactive ketones (excluding diaryl/α,β-unsaturated/α-hetero) is 1. The number of nitro groups is 1. The summed E-state index contributed by atoms with van der Waals surface area (Å²) >= 11 is 5.72. The molecule has 0 fully saturated rings. The van der Waals surface area contributed by atoms with Crippen LogP contribution in [0.5, 0.6) is 0 Å². The van der Waals surface area contributed by atoms with Crippen LogP contribution in [0.2, 0.25) is 5.02 Å². The van der Waals surface area contributed by atoms with Crippen LogP contribution in [-0.4, -0.2) is 23.3 Å². The number of ketones is 1. The zero-order valence-corrected chi connectivity index (χ0v) is 14.7. The average molecular weight is 374 g/mol. The maximum absolute atomic E-state index is 12.0. The van der Waals surface area contributed by atoms with E-state index in [0.29, 0.717) is 11.1 Å². The van der Waals surface area contributed by atoms with E-state index in [2.05, 4.69) is 0 Å². The fourth-order valence-corrected chi connectivity index (χ4v) is 2.32. The predicted molar refractivity (Wildman–Crippen MR) is 98.2 cm³/mol. The summed E-state index contributed by atoms with van der Waals surface area (Å²) in [5.74, 6) is -1.03. The Morgan fingerprint density at radius 2 is 1.88 bits per heavy atom. The second kappa shape index (κ2) is 8.92. The van der Waals surface area contributed by atoms with Gasteiger partial charge in [-0.1, -0.05) is 48.9 Å². The molecular formula is C19H16ClNO5. The second-order valence-electron chi connectivity index (χ2n) is 5.38. The molecule has 0 N–H and O–H groups in total. The zero-order valence-electron chi connectivity index (χ0n) is 14.0. The van der Waals surface area contributed by atoms with E-state index in [9.17, 15) is 19.7 Å². The van der Waals surface area contributed by atoms with Gasteiger partial charge in [0.1, 0.15) is 5.02 Å². The van der Waals surface area contributed by atoms with Crippen LogP contribution in [-0.2, 0) is 16.0 Å². The maximum Gasteiger partial charge on any atom is 0.331 e. The van der Waals surface area contributed by atoms with Crippen molar-refractivity contribution in [2.75, 3.05) is 6.61 Å². The van der Waals surface area contributed by atoms with Gasteiger partial charge in [0.2, 0.25) is 0 Å². The summed E-state index contributed by atoms with van der Waals surface area (Å²) < 4.78 is 4.90. The summed E-state index contributed by atoms with van der Waals surface area (Å²) in [6, 6.07) is 11.2. The van der Waals surface area contributed by atoms with Gasteiger partial charge < -0.3 is 4.74 Å². The lowest BCUT2D eigenvalue weighted by molar-refractivity contribution is -0.384. The molecule has 0 bridgehead atoms. The van der Waals surface area contributed by atoms with Crippen molar-refractivity contribution < 1.29 is 19.2 Å². The highest BCUT2D eigenvalue weighted by molar-refractivity contribution is 6.32. The van der Waals surface area contributed by atoms with E-state index in [-0.39, 0.29) is 23.1 Å². The fourth-order valence-electron chi connectivity index (χ4n) is 2.13. The Morgan fingerprint density at radius 3 is 2.50 bits per heavy atom. The minimum absolute atomic E-state index is 0.00872. The minimum atomic E-state index is -0.721. The van der Waals surface area contributed by atoms with Gasteiger partial charge in [-0.15, -0.1) is 0 Å². The van der Waals surface area contributed by atoms with Gasteiger partial charge in [0.15, 0.2) is 12.4 Å². The van der Waals surface area contributed by atoms with Crippen molar-refractivity contribution in [3.63, 3.8) is 0 Å². The topological polar surface area (TPSA) is 86.5 Å². The lowest BCUT2D eigenvalue weighted by Crippen LogP contribution is -2.12. The van der Waals surface area contributed by atoms with Crippen molar-refractivity contribution in [2.24, 2.45) is 0 Å². The number of carbonyl (C=O) groups is 2. The van der Waals surface area contributed by atoms with Crippen molar-refractivity contribution in [2.45, 2.75) is 13.3 Å². The van der Waals surface area contributed by atoms with Gasteiger partial charge in [-0.2, -0.15) is 0 Å². The fraction of sp³-hybridized carbons (Fsp3) is 0.158. The summed E-state index contributed by atoms with van der Waals surface area (Å²) in [6.07, 6.45) is 3.32. The third-order valence-electron chi connectivity index (χ3n) is 3.61. The van der Waals surface area contributed by atoms with Crippen molar-refractivity contribution in [3.8, 4) is 0 Å². The largest absolute Gasteiger partial charge is 0.454 e. The average Bonchev–Trinajstić information content (AvgIpc) is 2.65. The van der Waals surface area contributed by atoms with Crippen LogP contribution < -0.4 is 0 Å². The molecule has 0 unspecified atom stereocenters. The van der Waals surface area contributed by atoms with Crippen LogP contribution in [0.15, 0.2) is 48.5 Å². The first-order chi connectivity index (χ1) is 12.4. The predicted octanol–water partition coefficient (Wildman–Crippen LogP) is 4.25. The Balaban J connectivity index is 1.93. The molecular weight excluding hydrogens is 358 g/mol. The molecule has 2 aromatic rings. The molecule has 0 aliphatic rings. The standard InChI is InChI=1S/C19H16ClNO5/c1-2-13-3-7-15(8-4-13)18(22)12-26-19(23)10-6-14-5-9-16(20)17(11-14)21(24)25/h3-11H,2,12H2,1H3/b10-6+. The van der Waals surface area contributed by atoms with Crippen molar-refractivity contribution >= 4 is 35.1 Å². The van der Waals surface area contributed by atoms with Crippen LogP contribution in [0.25, 0.3) is 6.08 Å². The van der Waals surface area contributed by atoms with E-state index in [4.69, 9.17) is 16.3 Å². The first kappa shape index (κ1) is 19.3. The number of hydrogen-bond acceptors (Lipinski definition) is 5. The molecule has 134 valence electrons. The summed E-state index contributed by atoms with van der Waals surface area (Å²) in [5.41, 5.74) is 1.73. The zero-order chi connectivity index (χ0) is 19.1. The number of halogens is 1. The van der Waals surface area contributed by atoms with Crippen LogP contribution >= 0.6 is 11.6 Å². The molecule has 0 aromatic heterocycles. The number of carbonyl (C=O) groups excluding carboxylic acids is 2. The highest BCUT2D eigenvalue weighted by Gasteiger charge is 2.12. The SMILES string of the molecule is CCc1ccc(C(=O)COC(=O)/C=C/c2ccc(Cl)c([N+](=O)[O-])c2)cc1. The van der Waals surface area contributed by atoms with E-state index >= 15 is 0 Å². The van der Waals surface area contributed by atoms with Crippen LogP contribution in [0.1, 0.15) is 28.4 Å². The molecule has 2 rings (SSSR count). The lowest BCUT2D eigenvalue weighted by Gasteiger charge is -2.03. The molecule has 0 atom stereocenters. The molecule has 0 radical (unpaired) electrons. The number of rotatable bonds is 7. The number of nitro benzene ring substituents is 1. The highest BCUT2D eigenvalue weighted by atomic mass is 35.5. The molecule has 0 heterocycles. The van der Waals surface area contributed by atoms with Crippen molar-refractivity contribution in [1.82, 2.24) is 0 Å². The number of benzene rings is 2. The maximum atomic E-state index is 12.0. The Hall–Kier alpha value is -2.99. The summed E-state index contributed by atoms with van der Waals surface area (Å²) in [5, 5.41) is 10.8. The molecule has 0 aliphatic carbocycles. The first-order valence-corrected chi connectivity index (χ1v) is 8.19. The summed E-state index contributed by atoms with van der Waals surface area (Å²) in [7, 11) is 0. The summed E-state index contributed by atoms with van der Waals surface area (Å²) in [4.78, 5) is 33.9. The van der Waals surface area contributed by atoms with Gasteiger partial charge in [0.05, 0.1) is 4.92 Å². The Kier molecular flexibility index (Phi) is 6.63. The van der Waals surface area contributed by atoms with Crippen molar-refractivity contribution in [3.05, 3.63) is 80.4 Å². The number of aryl methyl sites for hydroxylation is 1. The Labute approximate surface area is 155 Å². The number of hydrogen-bond donors (Lipinski definition) is 0. The second-order valence-corrected chi connectivity index (χ2v) is 5.79. The molecule has 26 heavy (non-hydrogen) atoms. The highest BCUT2D eigenvalue weighted by Crippen LogP contribution is 2.25. The van der Waals surface area contributed by atoms with Gasteiger partial charge >= 0.3 is 5.97 Å². The Morgan fingerprint density at radius 1 is 1.19 bits per heavy atom. The molecule has 0 saturated heterocycles. The van der Waals surface area contributed by atoms with Crippen molar-refractivity contribution in [1.29, 1.82) is 0 Å².